The van der Waals surface area contributed by atoms with Crippen LogP contribution in [0.5, 0.6) is 0 Å². The Hall–Kier alpha value is -7.18. The lowest BCUT2D eigenvalue weighted by Gasteiger charge is -2.42. The van der Waals surface area contributed by atoms with Gasteiger partial charge in [0.1, 0.15) is 0 Å². The van der Waals surface area contributed by atoms with Crippen molar-refractivity contribution >= 4 is 68.2 Å². The van der Waals surface area contributed by atoms with Crippen LogP contribution in [0, 0.1) is 0 Å². The van der Waals surface area contributed by atoms with E-state index in [1.165, 1.54) is 0 Å². The zero-order chi connectivity index (χ0) is 34.4. The van der Waals surface area contributed by atoms with Crippen molar-refractivity contribution in [3.8, 4) is 11.1 Å². The standard InChI is InChI=1S/C46H32N6/c1-3-15-33(16-4-1)49-39-19-7-11-23-43(39)51(44-24-12-8-20-40(44)49)37-27-29-47-31-35(37)36-32-48-30-28-38(36)52-45-25-13-9-21-41(45)50(34-17-5-2-6-18-34)42-22-10-14-26-46(42)52/h1-32H. The molecule has 246 valence electrons. The molecule has 0 saturated heterocycles. The van der Waals surface area contributed by atoms with Crippen molar-refractivity contribution < 1.29 is 0 Å². The van der Waals surface area contributed by atoms with Crippen molar-refractivity contribution in [2.45, 2.75) is 0 Å². The number of hydrogen-bond donors (Lipinski definition) is 0. The van der Waals surface area contributed by atoms with Crippen LogP contribution < -0.4 is 19.6 Å². The zero-order valence-electron chi connectivity index (χ0n) is 28.2. The van der Waals surface area contributed by atoms with Crippen LogP contribution in [-0.4, -0.2) is 9.97 Å². The molecule has 2 aliphatic heterocycles. The number of benzene rings is 6. The molecule has 0 fully saturated rings. The fraction of sp³-hybridized carbons (Fsp3) is 0. The number of fused-ring (bicyclic) bond motifs is 4. The molecule has 0 radical (unpaired) electrons. The minimum absolute atomic E-state index is 0.976. The van der Waals surface area contributed by atoms with Crippen LogP contribution in [0.2, 0.25) is 0 Å². The van der Waals surface area contributed by atoms with Crippen molar-refractivity contribution in [2.24, 2.45) is 0 Å². The molecule has 10 rings (SSSR count). The van der Waals surface area contributed by atoms with Gasteiger partial charge in [-0.1, -0.05) is 84.9 Å². The van der Waals surface area contributed by atoms with Gasteiger partial charge in [0.25, 0.3) is 0 Å². The first kappa shape index (κ1) is 29.7. The summed E-state index contributed by atoms with van der Waals surface area (Å²) in [6, 6.07) is 59.8. The van der Waals surface area contributed by atoms with Crippen molar-refractivity contribution in [3.63, 3.8) is 0 Å². The van der Waals surface area contributed by atoms with E-state index in [-0.39, 0.29) is 0 Å². The molecule has 4 heterocycles. The Bertz CT molecular complexity index is 2290. The molecule has 0 atom stereocenters. The Labute approximate surface area is 302 Å². The van der Waals surface area contributed by atoms with Gasteiger partial charge < -0.3 is 19.6 Å². The molecule has 0 unspecified atom stereocenters. The first-order valence-corrected chi connectivity index (χ1v) is 17.4. The molecule has 0 spiro atoms. The van der Waals surface area contributed by atoms with Crippen LogP contribution in [0.3, 0.4) is 0 Å². The number of anilines is 12. The van der Waals surface area contributed by atoms with Gasteiger partial charge in [-0.3, -0.25) is 9.97 Å². The fourth-order valence-electron chi connectivity index (χ4n) is 7.70. The smallest absolute Gasteiger partial charge is 0.0703 e. The Kier molecular flexibility index (Phi) is 7.03. The largest absolute Gasteiger partial charge is 0.306 e. The van der Waals surface area contributed by atoms with E-state index < -0.39 is 0 Å². The van der Waals surface area contributed by atoms with Gasteiger partial charge in [-0.15, -0.1) is 0 Å². The summed E-state index contributed by atoms with van der Waals surface area (Å²) in [5.41, 5.74) is 14.9. The molecule has 0 N–H and O–H groups in total. The number of pyridine rings is 2. The van der Waals surface area contributed by atoms with E-state index in [9.17, 15) is 0 Å². The summed E-state index contributed by atoms with van der Waals surface area (Å²) in [5, 5.41) is 0. The normalized spacial score (nSPS) is 12.8. The SMILES string of the molecule is c1ccc(N2c3ccccc3N(c3ccncc3-c3cnccc3N3c4ccccc4N(c4ccccc4)c4ccccc43)c3ccccc32)cc1. The van der Waals surface area contributed by atoms with E-state index in [1.807, 2.05) is 24.8 Å². The van der Waals surface area contributed by atoms with E-state index >= 15 is 0 Å². The topological polar surface area (TPSA) is 38.7 Å². The van der Waals surface area contributed by atoms with Gasteiger partial charge in [-0.2, -0.15) is 0 Å². The summed E-state index contributed by atoms with van der Waals surface area (Å²) < 4.78 is 0. The minimum Gasteiger partial charge on any atom is -0.306 e. The summed E-state index contributed by atoms with van der Waals surface area (Å²) >= 11 is 0. The highest BCUT2D eigenvalue weighted by molar-refractivity contribution is 6.07. The molecule has 2 aliphatic rings. The summed E-state index contributed by atoms with van der Waals surface area (Å²) in [6.45, 7) is 0. The second-order valence-electron chi connectivity index (χ2n) is 12.8. The number of hydrogen-bond acceptors (Lipinski definition) is 6. The first-order valence-electron chi connectivity index (χ1n) is 17.4. The third-order valence-electron chi connectivity index (χ3n) is 9.85. The van der Waals surface area contributed by atoms with E-state index in [0.29, 0.717) is 0 Å². The molecule has 52 heavy (non-hydrogen) atoms. The number of rotatable bonds is 5. The van der Waals surface area contributed by atoms with Crippen LogP contribution >= 0.6 is 0 Å². The third-order valence-corrected chi connectivity index (χ3v) is 9.85. The lowest BCUT2D eigenvalue weighted by molar-refractivity contribution is 1.15. The van der Waals surface area contributed by atoms with Gasteiger partial charge >= 0.3 is 0 Å². The first-order chi connectivity index (χ1) is 25.9. The molecular formula is C46H32N6. The van der Waals surface area contributed by atoms with Crippen LogP contribution in [0.15, 0.2) is 195 Å². The molecule has 0 saturated carbocycles. The van der Waals surface area contributed by atoms with Crippen molar-refractivity contribution in [1.82, 2.24) is 9.97 Å². The molecule has 6 nitrogen and oxygen atoms in total. The highest BCUT2D eigenvalue weighted by Gasteiger charge is 2.34. The summed E-state index contributed by atoms with van der Waals surface area (Å²) in [4.78, 5) is 18.9. The van der Waals surface area contributed by atoms with Gasteiger partial charge in [-0.05, 0) is 84.9 Å². The molecule has 6 heteroatoms. The lowest BCUT2D eigenvalue weighted by Crippen LogP contribution is -2.25. The predicted octanol–water partition coefficient (Wildman–Crippen LogP) is 12.6. The van der Waals surface area contributed by atoms with E-state index in [2.05, 4.69) is 189 Å². The highest BCUT2D eigenvalue weighted by atomic mass is 15.3. The maximum Gasteiger partial charge on any atom is 0.0703 e. The van der Waals surface area contributed by atoms with E-state index in [4.69, 9.17) is 9.97 Å². The van der Waals surface area contributed by atoms with Crippen molar-refractivity contribution in [2.75, 3.05) is 19.6 Å². The van der Waals surface area contributed by atoms with Gasteiger partial charge in [0.15, 0.2) is 0 Å². The van der Waals surface area contributed by atoms with Crippen LogP contribution in [0.1, 0.15) is 0 Å². The number of aromatic nitrogens is 2. The monoisotopic (exact) mass is 668 g/mol. The Morgan fingerprint density at radius 2 is 0.519 bits per heavy atom. The third kappa shape index (κ3) is 4.66. The summed E-state index contributed by atoms with van der Waals surface area (Å²) in [5.74, 6) is 0. The zero-order valence-corrected chi connectivity index (χ0v) is 28.2. The Morgan fingerprint density at radius 3 is 0.827 bits per heavy atom. The van der Waals surface area contributed by atoms with Crippen molar-refractivity contribution in [3.05, 3.63) is 195 Å². The van der Waals surface area contributed by atoms with E-state index in [1.54, 1.807) is 0 Å². The van der Waals surface area contributed by atoms with Gasteiger partial charge in [0, 0.05) is 47.3 Å². The molecular weight excluding hydrogens is 637 g/mol. The fourth-order valence-corrected chi connectivity index (χ4v) is 7.70. The van der Waals surface area contributed by atoms with Gasteiger partial charge in [0.2, 0.25) is 0 Å². The molecule has 0 amide bonds. The number of nitrogens with zero attached hydrogens (tertiary/aromatic N) is 6. The average Bonchev–Trinajstić information content (AvgIpc) is 3.22. The minimum atomic E-state index is 0.976. The molecule has 0 aliphatic carbocycles. The Balaban J connectivity index is 1.18. The highest BCUT2D eigenvalue weighted by Crippen LogP contribution is 2.58. The van der Waals surface area contributed by atoms with Crippen LogP contribution in [0.4, 0.5) is 68.2 Å². The van der Waals surface area contributed by atoms with E-state index in [0.717, 1.165) is 79.4 Å². The summed E-state index contributed by atoms with van der Waals surface area (Å²) in [7, 11) is 0. The van der Waals surface area contributed by atoms with Crippen molar-refractivity contribution in [1.29, 1.82) is 0 Å². The quantitative estimate of drug-likeness (QED) is 0.182. The maximum absolute atomic E-state index is 4.73. The van der Waals surface area contributed by atoms with Crippen LogP contribution in [0.25, 0.3) is 11.1 Å². The summed E-state index contributed by atoms with van der Waals surface area (Å²) in [6.07, 6.45) is 7.71. The number of para-hydroxylation sites is 10. The maximum atomic E-state index is 4.73. The second-order valence-corrected chi connectivity index (χ2v) is 12.8. The molecule has 0 bridgehead atoms. The molecule has 8 aromatic rings. The lowest BCUT2D eigenvalue weighted by atomic mass is 9.99. The van der Waals surface area contributed by atoms with Gasteiger partial charge in [-0.25, -0.2) is 0 Å². The molecule has 6 aromatic carbocycles. The Morgan fingerprint density at radius 1 is 0.250 bits per heavy atom. The van der Waals surface area contributed by atoms with Gasteiger partial charge in [0.05, 0.1) is 56.9 Å². The second kappa shape index (κ2) is 12.3. The molecule has 2 aromatic heterocycles. The predicted molar refractivity (Wildman–Crippen MR) is 213 cm³/mol. The van der Waals surface area contributed by atoms with Crippen LogP contribution in [-0.2, 0) is 0 Å². The average molecular weight is 669 g/mol.